The molecule has 0 atom stereocenters. The van der Waals surface area contributed by atoms with Crippen LogP contribution in [0.15, 0.2) is 78.1 Å². The molecule has 0 bridgehead atoms. The SMILES string of the molecule is COc1cnccc1N1CCN(C(=O)c2ccc(NS(=O)(=O)c3cccc4cccnc34)c(F)c2)CC1. The van der Waals surface area contributed by atoms with Gasteiger partial charge in [0.2, 0.25) is 0 Å². The highest BCUT2D eigenvalue weighted by atomic mass is 32.2. The Morgan fingerprint density at radius 2 is 1.81 bits per heavy atom. The van der Waals surface area contributed by atoms with E-state index in [1.165, 1.54) is 24.4 Å². The number of fused-ring (bicyclic) bond motifs is 1. The van der Waals surface area contributed by atoms with Crippen LogP contribution >= 0.6 is 0 Å². The molecule has 0 aliphatic carbocycles. The molecule has 1 aliphatic rings. The van der Waals surface area contributed by atoms with Crippen LogP contribution in [0.25, 0.3) is 10.9 Å². The van der Waals surface area contributed by atoms with Gasteiger partial charge in [0.1, 0.15) is 10.7 Å². The van der Waals surface area contributed by atoms with Crippen LogP contribution in [0.1, 0.15) is 10.4 Å². The summed E-state index contributed by atoms with van der Waals surface area (Å²) in [7, 11) is -2.54. The topological polar surface area (TPSA) is 105 Å². The second kappa shape index (κ2) is 10.0. The first kappa shape index (κ1) is 24.4. The van der Waals surface area contributed by atoms with Crippen LogP contribution in [0.2, 0.25) is 0 Å². The summed E-state index contributed by atoms with van der Waals surface area (Å²) in [6.45, 7) is 2.03. The lowest BCUT2D eigenvalue weighted by Crippen LogP contribution is -2.48. The van der Waals surface area contributed by atoms with Gasteiger partial charge < -0.3 is 14.5 Å². The Labute approximate surface area is 213 Å². The molecule has 5 rings (SSSR count). The number of nitrogens with zero attached hydrogens (tertiary/aromatic N) is 4. The fourth-order valence-electron chi connectivity index (χ4n) is 4.35. The van der Waals surface area contributed by atoms with Crippen molar-refractivity contribution in [2.24, 2.45) is 0 Å². The van der Waals surface area contributed by atoms with E-state index in [9.17, 15) is 17.6 Å². The van der Waals surface area contributed by atoms with Gasteiger partial charge in [0.05, 0.1) is 30.2 Å². The van der Waals surface area contributed by atoms with E-state index in [0.717, 1.165) is 11.8 Å². The molecule has 0 saturated carbocycles. The van der Waals surface area contributed by atoms with Gasteiger partial charge in [-0.1, -0.05) is 18.2 Å². The van der Waals surface area contributed by atoms with Crippen molar-refractivity contribution in [1.82, 2.24) is 14.9 Å². The summed E-state index contributed by atoms with van der Waals surface area (Å²) in [6, 6.07) is 13.8. The lowest BCUT2D eigenvalue weighted by molar-refractivity contribution is 0.0746. The van der Waals surface area contributed by atoms with E-state index in [2.05, 4.69) is 19.6 Å². The summed E-state index contributed by atoms with van der Waals surface area (Å²) in [4.78, 5) is 24.9. The Bertz CT molecular complexity index is 1570. The number of sulfonamides is 1. The fraction of sp³-hybridized carbons (Fsp3) is 0.192. The number of aromatic nitrogens is 2. The van der Waals surface area contributed by atoms with Crippen LogP contribution < -0.4 is 14.4 Å². The van der Waals surface area contributed by atoms with Crippen LogP contribution in [-0.4, -0.2) is 62.5 Å². The van der Waals surface area contributed by atoms with Gasteiger partial charge in [-0.2, -0.15) is 0 Å². The normalized spacial score (nSPS) is 14.0. The molecule has 1 fully saturated rings. The highest BCUT2D eigenvalue weighted by Gasteiger charge is 2.25. The highest BCUT2D eigenvalue weighted by molar-refractivity contribution is 7.93. The quantitative estimate of drug-likeness (QED) is 0.414. The van der Waals surface area contributed by atoms with E-state index >= 15 is 0 Å². The van der Waals surface area contributed by atoms with Crippen molar-refractivity contribution in [2.75, 3.05) is 42.9 Å². The van der Waals surface area contributed by atoms with Crippen LogP contribution in [0.4, 0.5) is 15.8 Å². The molecule has 190 valence electrons. The molecule has 1 amide bonds. The van der Waals surface area contributed by atoms with Crippen molar-refractivity contribution >= 4 is 38.2 Å². The standard InChI is InChI=1S/C26H24FN5O4S/c1-36-23-17-28-11-9-22(23)31-12-14-32(15-13-31)26(33)19-7-8-21(20(27)16-19)30-37(34,35)24-6-2-4-18-5-3-10-29-25(18)24/h2-11,16-17,30H,12-15H2,1H3. The number of rotatable bonds is 6. The molecule has 11 heteroatoms. The summed E-state index contributed by atoms with van der Waals surface area (Å²) in [5.74, 6) is -0.516. The first-order valence-corrected chi connectivity index (χ1v) is 13.0. The summed E-state index contributed by atoms with van der Waals surface area (Å²) in [5.41, 5.74) is 1.07. The largest absolute Gasteiger partial charge is 0.493 e. The third kappa shape index (κ3) is 4.90. The van der Waals surface area contributed by atoms with Gasteiger partial charge in [0.25, 0.3) is 15.9 Å². The third-order valence-electron chi connectivity index (χ3n) is 6.24. The number of carbonyl (C=O) groups is 1. The Hall–Kier alpha value is -4.25. The van der Waals surface area contributed by atoms with E-state index in [-0.39, 0.29) is 27.6 Å². The molecule has 2 aromatic heterocycles. The van der Waals surface area contributed by atoms with Crippen LogP contribution in [0.5, 0.6) is 5.75 Å². The molecular weight excluding hydrogens is 497 g/mol. The lowest BCUT2D eigenvalue weighted by Gasteiger charge is -2.36. The minimum absolute atomic E-state index is 0.0612. The Balaban J connectivity index is 1.29. The van der Waals surface area contributed by atoms with Crippen molar-refractivity contribution in [3.63, 3.8) is 0 Å². The Morgan fingerprint density at radius 3 is 2.57 bits per heavy atom. The monoisotopic (exact) mass is 521 g/mol. The number of halogens is 1. The second-order valence-corrected chi connectivity index (χ2v) is 10.1. The Morgan fingerprint density at radius 1 is 1.03 bits per heavy atom. The maximum absolute atomic E-state index is 15.0. The molecule has 37 heavy (non-hydrogen) atoms. The van der Waals surface area contributed by atoms with Crippen molar-refractivity contribution in [3.05, 3.63) is 84.6 Å². The van der Waals surface area contributed by atoms with E-state index < -0.39 is 15.8 Å². The number of para-hydroxylation sites is 1. The molecule has 0 spiro atoms. The highest BCUT2D eigenvalue weighted by Crippen LogP contribution is 2.28. The van der Waals surface area contributed by atoms with Crippen LogP contribution in [-0.2, 0) is 10.0 Å². The number of methoxy groups -OCH3 is 1. The van der Waals surface area contributed by atoms with Crippen LogP contribution in [0.3, 0.4) is 0 Å². The molecule has 9 nitrogen and oxygen atoms in total. The average molecular weight is 522 g/mol. The number of anilines is 2. The predicted octanol–water partition coefficient (Wildman–Crippen LogP) is 3.54. The Kier molecular flexibility index (Phi) is 6.62. The minimum atomic E-state index is -4.12. The molecule has 1 N–H and O–H groups in total. The van der Waals surface area contributed by atoms with Crippen molar-refractivity contribution in [1.29, 1.82) is 0 Å². The first-order chi connectivity index (χ1) is 17.9. The maximum atomic E-state index is 15.0. The molecule has 1 aliphatic heterocycles. The molecule has 3 heterocycles. The van der Waals surface area contributed by atoms with Gasteiger partial charge in [-0.3, -0.25) is 19.5 Å². The van der Waals surface area contributed by atoms with Crippen LogP contribution in [0, 0.1) is 5.82 Å². The number of piperazine rings is 1. The number of hydrogen-bond acceptors (Lipinski definition) is 7. The second-order valence-electron chi connectivity index (χ2n) is 8.46. The first-order valence-electron chi connectivity index (χ1n) is 11.6. The zero-order valence-electron chi connectivity index (χ0n) is 20.0. The van der Waals surface area contributed by atoms with E-state index in [0.29, 0.717) is 37.3 Å². The van der Waals surface area contributed by atoms with E-state index in [1.807, 2.05) is 6.07 Å². The number of pyridine rings is 2. The number of hydrogen-bond donors (Lipinski definition) is 1. The smallest absolute Gasteiger partial charge is 0.264 e. The van der Waals surface area contributed by atoms with Gasteiger partial charge in [-0.15, -0.1) is 0 Å². The predicted molar refractivity (Wildman–Crippen MR) is 138 cm³/mol. The van der Waals surface area contributed by atoms with E-state index in [4.69, 9.17) is 4.74 Å². The van der Waals surface area contributed by atoms with Gasteiger partial charge in [-0.05, 0) is 36.4 Å². The zero-order valence-corrected chi connectivity index (χ0v) is 20.8. The number of ether oxygens (including phenoxy) is 1. The summed E-state index contributed by atoms with van der Waals surface area (Å²) < 4.78 is 48.7. The number of amides is 1. The minimum Gasteiger partial charge on any atom is -0.493 e. The molecular formula is C26H24FN5O4S. The lowest BCUT2D eigenvalue weighted by atomic mass is 10.1. The fourth-order valence-corrected chi connectivity index (χ4v) is 5.60. The summed E-state index contributed by atoms with van der Waals surface area (Å²) in [6.07, 6.45) is 4.82. The molecule has 1 saturated heterocycles. The summed E-state index contributed by atoms with van der Waals surface area (Å²) >= 11 is 0. The van der Waals surface area contributed by atoms with Gasteiger partial charge in [0.15, 0.2) is 5.75 Å². The maximum Gasteiger partial charge on any atom is 0.264 e. The van der Waals surface area contributed by atoms with Gasteiger partial charge in [0, 0.05) is 49.5 Å². The van der Waals surface area contributed by atoms with Gasteiger partial charge in [-0.25, -0.2) is 12.8 Å². The molecule has 4 aromatic rings. The molecule has 2 aromatic carbocycles. The number of carbonyl (C=O) groups excluding carboxylic acids is 1. The zero-order chi connectivity index (χ0) is 26.0. The number of nitrogens with one attached hydrogen (secondary N) is 1. The molecule has 0 radical (unpaired) electrons. The van der Waals surface area contributed by atoms with Gasteiger partial charge >= 0.3 is 0 Å². The van der Waals surface area contributed by atoms with Crippen molar-refractivity contribution in [2.45, 2.75) is 4.90 Å². The third-order valence-corrected chi connectivity index (χ3v) is 7.63. The van der Waals surface area contributed by atoms with Crippen molar-refractivity contribution < 1.29 is 22.3 Å². The summed E-state index contributed by atoms with van der Waals surface area (Å²) in [5, 5.41) is 0.647. The average Bonchev–Trinajstić information content (AvgIpc) is 2.93. The number of benzene rings is 2. The van der Waals surface area contributed by atoms with Crippen molar-refractivity contribution in [3.8, 4) is 5.75 Å². The van der Waals surface area contributed by atoms with E-state index in [1.54, 1.807) is 48.7 Å². The molecule has 0 unspecified atom stereocenters.